The maximum absolute atomic E-state index is 10.8. The molecule has 0 aliphatic heterocycles. The average Bonchev–Trinajstić information content (AvgIpc) is 2.02. The SMILES string of the molecule is C=CCCCSC(C(=O)O)C(C)C. The molecule has 0 aromatic carbocycles. The van der Waals surface area contributed by atoms with Crippen molar-refractivity contribution in [3.8, 4) is 0 Å². The van der Waals surface area contributed by atoms with Gasteiger partial charge in [0.1, 0.15) is 5.25 Å². The van der Waals surface area contributed by atoms with E-state index in [9.17, 15) is 4.79 Å². The summed E-state index contributed by atoms with van der Waals surface area (Å²) in [6.07, 6.45) is 3.85. The first kappa shape index (κ1) is 12.6. The van der Waals surface area contributed by atoms with Crippen LogP contribution in [0.15, 0.2) is 12.7 Å². The molecule has 13 heavy (non-hydrogen) atoms. The minimum absolute atomic E-state index is 0.200. The maximum atomic E-state index is 10.8. The Hall–Kier alpha value is -0.440. The Bertz CT molecular complexity index is 166. The van der Waals surface area contributed by atoms with Gasteiger partial charge in [0.05, 0.1) is 0 Å². The highest BCUT2D eigenvalue weighted by Gasteiger charge is 2.20. The quantitative estimate of drug-likeness (QED) is 0.509. The summed E-state index contributed by atoms with van der Waals surface area (Å²) < 4.78 is 0. The molecule has 0 aliphatic carbocycles. The molecular formula is C10H18O2S. The van der Waals surface area contributed by atoms with Gasteiger partial charge < -0.3 is 5.11 Å². The number of allylic oxidation sites excluding steroid dienone is 1. The normalized spacial score (nSPS) is 12.8. The lowest BCUT2D eigenvalue weighted by Gasteiger charge is -2.14. The molecule has 0 saturated carbocycles. The summed E-state index contributed by atoms with van der Waals surface area (Å²) in [4.78, 5) is 10.8. The standard InChI is InChI=1S/C10H18O2S/c1-4-5-6-7-13-9(8(2)3)10(11)12/h4,8-9H,1,5-7H2,2-3H3,(H,11,12). The summed E-state index contributed by atoms with van der Waals surface area (Å²) in [7, 11) is 0. The predicted molar refractivity (Wildman–Crippen MR) is 58.2 cm³/mol. The Morgan fingerprint density at radius 1 is 1.62 bits per heavy atom. The topological polar surface area (TPSA) is 37.3 Å². The largest absolute Gasteiger partial charge is 0.480 e. The lowest BCUT2D eigenvalue weighted by Crippen LogP contribution is -2.22. The summed E-state index contributed by atoms with van der Waals surface area (Å²) in [5.74, 6) is 0.408. The number of carboxylic acid groups (broad SMARTS) is 1. The number of hydrogen-bond acceptors (Lipinski definition) is 2. The number of hydrogen-bond donors (Lipinski definition) is 1. The van der Waals surface area contributed by atoms with Crippen LogP contribution in [0.4, 0.5) is 0 Å². The molecule has 0 fully saturated rings. The van der Waals surface area contributed by atoms with Crippen molar-refractivity contribution in [1.29, 1.82) is 0 Å². The van der Waals surface area contributed by atoms with Crippen LogP contribution >= 0.6 is 11.8 Å². The molecule has 0 aliphatic rings. The Balaban J connectivity index is 3.70. The van der Waals surface area contributed by atoms with E-state index in [0.717, 1.165) is 18.6 Å². The third-order valence-electron chi connectivity index (χ3n) is 1.70. The first-order valence-electron chi connectivity index (χ1n) is 4.55. The second kappa shape index (κ2) is 7.01. The van der Waals surface area contributed by atoms with Crippen LogP contribution in [0.1, 0.15) is 26.7 Å². The van der Waals surface area contributed by atoms with Crippen molar-refractivity contribution in [3.05, 3.63) is 12.7 Å². The van der Waals surface area contributed by atoms with E-state index in [1.165, 1.54) is 11.8 Å². The Morgan fingerprint density at radius 2 is 2.23 bits per heavy atom. The molecule has 1 unspecified atom stereocenters. The first-order valence-corrected chi connectivity index (χ1v) is 5.59. The first-order chi connectivity index (χ1) is 6.09. The van der Waals surface area contributed by atoms with Crippen molar-refractivity contribution in [1.82, 2.24) is 0 Å². The second-order valence-electron chi connectivity index (χ2n) is 3.30. The molecule has 0 heterocycles. The van der Waals surface area contributed by atoms with Crippen LogP contribution in [0.5, 0.6) is 0 Å². The molecule has 0 saturated heterocycles. The van der Waals surface area contributed by atoms with E-state index >= 15 is 0 Å². The number of carboxylic acids is 1. The van der Waals surface area contributed by atoms with Crippen molar-refractivity contribution in [2.24, 2.45) is 5.92 Å². The zero-order chi connectivity index (χ0) is 10.3. The molecule has 0 rings (SSSR count). The van der Waals surface area contributed by atoms with Crippen molar-refractivity contribution < 1.29 is 9.90 Å². The van der Waals surface area contributed by atoms with E-state index in [0.29, 0.717) is 0 Å². The zero-order valence-electron chi connectivity index (χ0n) is 8.32. The number of unbranched alkanes of at least 4 members (excludes halogenated alkanes) is 1. The molecule has 0 bridgehead atoms. The van der Waals surface area contributed by atoms with Gasteiger partial charge in [-0.3, -0.25) is 4.79 Å². The second-order valence-corrected chi connectivity index (χ2v) is 4.55. The van der Waals surface area contributed by atoms with Crippen molar-refractivity contribution in [2.75, 3.05) is 5.75 Å². The van der Waals surface area contributed by atoms with Gasteiger partial charge in [-0.15, -0.1) is 18.3 Å². The van der Waals surface area contributed by atoms with E-state index < -0.39 is 5.97 Å². The van der Waals surface area contributed by atoms with Gasteiger partial charge in [-0.05, 0) is 24.5 Å². The fraction of sp³-hybridized carbons (Fsp3) is 0.700. The molecule has 0 spiro atoms. The van der Waals surface area contributed by atoms with Crippen LogP contribution in [0.25, 0.3) is 0 Å². The minimum atomic E-state index is -0.696. The highest BCUT2D eigenvalue weighted by molar-refractivity contribution is 8.00. The highest BCUT2D eigenvalue weighted by atomic mass is 32.2. The van der Waals surface area contributed by atoms with Crippen molar-refractivity contribution >= 4 is 17.7 Å². The molecule has 1 N–H and O–H groups in total. The lowest BCUT2D eigenvalue weighted by atomic mass is 10.1. The van der Waals surface area contributed by atoms with Gasteiger partial charge in [-0.1, -0.05) is 19.9 Å². The fourth-order valence-corrected chi connectivity index (χ4v) is 2.10. The summed E-state index contributed by atoms with van der Waals surface area (Å²) in [6.45, 7) is 7.51. The summed E-state index contributed by atoms with van der Waals surface area (Å²) in [5, 5.41) is 8.60. The molecule has 0 amide bonds. The van der Waals surface area contributed by atoms with Gasteiger partial charge in [-0.25, -0.2) is 0 Å². The third-order valence-corrected chi connectivity index (χ3v) is 3.33. The molecule has 0 aromatic rings. The number of thioether (sulfide) groups is 1. The van der Waals surface area contributed by atoms with E-state index in [4.69, 9.17) is 5.11 Å². The Morgan fingerprint density at radius 3 is 2.62 bits per heavy atom. The average molecular weight is 202 g/mol. The van der Waals surface area contributed by atoms with Crippen LogP contribution in [-0.4, -0.2) is 22.1 Å². The predicted octanol–water partition coefficient (Wildman–Crippen LogP) is 2.80. The molecule has 3 heteroatoms. The smallest absolute Gasteiger partial charge is 0.316 e. The molecule has 1 atom stereocenters. The summed E-state index contributed by atoms with van der Waals surface area (Å²) in [6, 6.07) is 0. The Kier molecular flexibility index (Phi) is 6.77. The van der Waals surface area contributed by atoms with Crippen LogP contribution in [0.3, 0.4) is 0 Å². The molecule has 76 valence electrons. The molecule has 0 aromatic heterocycles. The van der Waals surface area contributed by atoms with Crippen LogP contribution in [0.2, 0.25) is 0 Å². The maximum Gasteiger partial charge on any atom is 0.316 e. The van der Waals surface area contributed by atoms with E-state index in [1.807, 2.05) is 19.9 Å². The van der Waals surface area contributed by atoms with Crippen molar-refractivity contribution in [2.45, 2.75) is 31.9 Å². The van der Waals surface area contributed by atoms with Gasteiger partial charge in [0, 0.05) is 0 Å². The van der Waals surface area contributed by atoms with E-state index in [-0.39, 0.29) is 11.2 Å². The van der Waals surface area contributed by atoms with Crippen LogP contribution < -0.4 is 0 Å². The van der Waals surface area contributed by atoms with Gasteiger partial charge in [0.25, 0.3) is 0 Å². The van der Waals surface area contributed by atoms with Crippen LogP contribution in [-0.2, 0) is 4.79 Å². The number of aliphatic carboxylic acids is 1. The van der Waals surface area contributed by atoms with Crippen LogP contribution in [0, 0.1) is 5.92 Å². The van der Waals surface area contributed by atoms with E-state index in [1.54, 1.807) is 0 Å². The van der Waals surface area contributed by atoms with Gasteiger partial charge in [-0.2, -0.15) is 0 Å². The van der Waals surface area contributed by atoms with E-state index in [2.05, 4.69) is 6.58 Å². The van der Waals surface area contributed by atoms with Crippen molar-refractivity contribution in [3.63, 3.8) is 0 Å². The number of carbonyl (C=O) groups is 1. The molecule has 2 nitrogen and oxygen atoms in total. The highest BCUT2D eigenvalue weighted by Crippen LogP contribution is 2.20. The Labute approximate surface area is 84.4 Å². The van der Waals surface area contributed by atoms with Gasteiger partial charge >= 0.3 is 5.97 Å². The molecule has 0 radical (unpaired) electrons. The lowest BCUT2D eigenvalue weighted by molar-refractivity contribution is -0.137. The zero-order valence-corrected chi connectivity index (χ0v) is 9.14. The third kappa shape index (κ3) is 5.75. The van der Waals surface area contributed by atoms with Gasteiger partial charge in [0.2, 0.25) is 0 Å². The molecular weight excluding hydrogens is 184 g/mol. The number of rotatable bonds is 7. The monoisotopic (exact) mass is 202 g/mol. The fourth-order valence-electron chi connectivity index (χ4n) is 0.987. The summed E-state index contributed by atoms with van der Waals surface area (Å²) in [5.41, 5.74) is 0. The summed E-state index contributed by atoms with van der Waals surface area (Å²) >= 11 is 1.53. The minimum Gasteiger partial charge on any atom is -0.480 e. The van der Waals surface area contributed by atoms with Gasteiger partial charge in [0.15, 0.2) is 0 Å².